The van der Waals surface area contributed by atoms with Crippen molar-refractivity contribution in [3.05, 3.63) is 46.3 Å². The van der Waals surface area contributed by atoms with E-state index in [1.165, 1.54) is 0 Å². The highest BCUT2D eigenvalue weighted by Gasteiger charge is 2.33. The van der Waals surface area contributed by atoms with E-state index in [-0.39, 0.29) is 65.0 Å². The molecule has 0 aromatic heterocycles. The number of ether oxygens (including phenoxy) is 4. The van der Waals surface area contributed by atoms with Crippen molar-refractivity contribution < 1.29 is 28.1 Å². The number of methoxy groups -OCH3 is 1. The molecule has 198 valence electrons. The zero-order valence-corrected chi connectivity index (χ0v) is 23.8. The molecular formula is C27H36BrFN2O5. The third kappa shape index (κ3) is 5.77. The molecule has 1 aliphatic rings. The molecule has 0 saturated carbocycles. The van der Waals surface area contributed by atoms with Gasteiger partial charge in [-0.1, -0.05) is 20.8 Å². The highest BCUT2D eigenvalue weighted by Crippen LogP contribution is 2.41. The third-order valence-electron chi connectivity index (χ3n) is 5.80. The van der Waals surface area contributed by atoms with Gasteiger partial charge in [-0.25, -0.2) is 4.39 Å². The molecule has 36 heavy (non-hydrogen) atoms. The topological polar surface area (TPSA) is 81.1 Å². The Labute approximate surface area is 223 Å². The second-order valence-corrected chi connectivity index (χ2v) is 9.28. The quantitative estimate of drug-likeness (QED) is 0.359. The molecule has 0 bridgehead atoms. The Kier molecular flexibility index (Phi) is 9.77. The van der Waals surface area contributed by atoms with E-state index in [0.717, 1.165) is 5.56 Å². The Hall–Kier alpha value is -2.81. The van der Waals surface area contributed by atoms with Gasteiger partial charge in [0.1, 0.15) is 5.84 Å². The van der Waals surface area contributed by atoms with Crippen molar-refractivity contribution in [2.45, 2.75) is 53.5 Å². The SMILES string of the molecule is Br.CCOc1cc(C(=O)CN2Cc3cc(OCC)c(OCC)c(F)c3C2=N)cc(C(C)(C)C)c1OC. The number of benzene rings is 2. The number of amidine groups is 1. The lowest BCUT2D eigenvalue weighted by Crippen LogP contribution is -2.30. The number of carbonyl (C=O) groups is 1. The first-order chi connectivity index (χ1) is 16.6. The molecule has 0 unspecified atom stereocenters. The first-order valence-electron chi connectivity index (χ1n) is 11.9. The number of nitrogens with one attached hydrogen (secondary N) is 1. The van der Waals surface area contributed by atoms with Gasteiger partial charge in [0.2, 0.25) is 0 Å². The number of rotatable bonds is 10. The average molecular weight is 567 g/mol. The van der Waals surface area contributed by atoms with Gasteiger partial charge in [0.25, 0.3) is 0 Å². The van der Waals surface area contributed by atoms with Crippen LogP contribution in [0.2, 0.25) is 0 Å². The number of nitrogens with zero attached hydrogens (tertiary/aromatic N) is 1. The van der Waals surface area contributed by atoms with E-state index in [9.17, 15) is 4.79 Å². The number of hydrogen-bond acceptors (Lipinski definition) is 6. The summed E-state index contributed by atoms with van der Waals surface area (Å²) >= 11 is 0. The van der Waals surface area contributed by atoms with Crippen LogP contribution in [0.5, 0.6) is 23.0 Å². The molecule has 0 atom stereocenters. The largest absolute Gasteiger partial charge is 0.493 e. The summed E-state index contributed by atoms with van der Waals surface area (Å²) < 4.78 is 37.8. The number of carbonyl (C=O) groups excluding carboxylic acids is 1. The van der Waals surface area contributed by atoms with E-state index < -0.39 is 5.82 Å². The maximum atomic E-state index is 15.3. The van der Waals surface area contributed by atoms with Crippen LogP contribution in [0.4, 0.5) is 4.39 Å². The summed E-state index contributed by atoms with van der Waals surface area (Å²) in [6, 6.07) is 5.19. The lowest BCUT2D eigenvalue weighted by atomic mass is 9.84. The number of fused-ring (bicyclic) bond motifs is 1. The van der Waals surface area contributed by atoms with Gasteiger partial charge in [0.15, 0.2) is 34.6 Å². The number of hydrogen-bond donors (Lipinski definition) is 1. The molecule has 1 heterocycles. The van der Waals surface area contributed by atoms with Gasteiger partial charge in [-0.3, -0.25) is 10.2 Å². The number of ketones is 1. The van der Waals surface area contributed by atoms with Crippen LogP contribution in [-0.2, 0) is 12.0 Å². The molecule has 3 rings (SSSR count). The summed E-state index contributed by atoms with van der Waals surface area (Å²) in [5, 5.41) is 8.59. The minimum atomic E-state index is -0.633. The second kappa shape index (κ2) is 12.0. The van der Waals surface area contributed by atoms with E-state index >= 15 is 4.39 Å². The highest BCUT2D eigenvalue weighted by atomic mass is 79.9. The van der Waals surface area contributed by atoms with Crippen molar-refractivity contribution in [1.82, 2.24) is 4.90 Å². The molecule has 0 amide bonds. The van der Waals surface area contributed by atoms with E-state index in [1.807, 2.05) is 40.7 Å². The summed E-state index contributed by atoms with van der Waals surface area (Å²) in [4.78, 5) is 14.9. The van der Waals surface area contributed by atoms with Gasteiger partial charge in [0.05, 0.1) is 39.0 Å². The zero-order chi connectivity index (χ0) is 25.9. The monoisotopic (exact) mass is 566 g/mol. The lowest BCUT2D eigenvalue weighted by Gasteiger charge is -2.25. The van der Waals surface area contributed by atoms with Gasteiger partial charge in [-0.05, 0) is 49.9 Å². The normalized spacial score (nSPS) is 12.7. The van der Waals surface area contributed by atoms with Crippen LogP contribution < -0.4 is 18.9 Å². The number of halogens is 2. The van der Waals surface area contributed by atoms with Crippen LogP contribution in [0.25, 0.3) is 0 Å². The van der Waals surface area contributed by atoms with Crippen molar-refractivity contribution in [2.75, 3.05) is 33.5 Å². The second-order valence-electron chi connectivity index (χ2n) is 9.28. The summed E-state index contributed by atoms with van der Waals surface area (Å²) in [6.45, 7) is 12.7. The fourth-order valence-corrected chi connectivity index (χ4v) is 4.22. The van der Waals surface area contributed by atoms with Gasteiger partial charge >= 0.3 is 0 Å². The molecule has 0 fully saturated rings. The van der Waals surface area contributed by atoms with Crippen LogP contribution in [0.3, 0.4) is 0 Å². The Morgan fingerprint density at radius 1 is 1.00 bits per heavy atom. The number of Topliss-reactive ketones (excluding diaryl/α,β-unsaturated/α-hetero) is 1. The van der Waals surface area contributed by atoms with Crippen LogP contribution >= 0.6 is 17.0 Å². The van der Waals surface area contributed by atoms with Gasteiger partial charge in [-0.15, -0.1) is 17.0 Å². The zero-order valence-electron chi connectivity index (χ0n) is 22.0. The van der Waals surface area contributed by atoms with Gasteiger partial charge in [-0.2, -0.15) is 0 Å². The molecule has 1 aliphatic heterocycles. The molecule has 0 aliphatic carbocycles. The van der Waals surface area contributed by atoms with Crippen molar-refractivity contribution in [1.29, 1.82) is 5.41 Å². The molecule has 2 aromatic carbocycles. The minimum Gasteiger partial charge on any atom is -0.493 e. The van der Waals surface area contributed by atoms with Crippen molar-refractivity contribution in [3.63, 3.8) is 0 Å². The maximum Gasteiger partial charge on any atom is 0.197 e. The first-order valence-corrected chi connectivity index (χ1v) is 11.9. The molecular weight excluding hydrogens is 531 g/mol. The molecule has 9 heteroatoms. The Balaban J connectivity index is 0.00000456. The van der Waals surface area contributed by atoms with Crippen LogP contribution in [0.1, 0.15) is 68.6 Å². The van der Waals surface area contributed by atoms with Gasteiger partial charge < -0.3 is 23.8 Å². The van der Waals surface area contributed by atoms with Crippen LogP contribution in [0.15, 0.2) is 18.2 Å². The van der Waals surface area contributed by atoms with E-state index in [1.54, 1.807) is 31.1 Å². The lowest BCUT2D eigenvalue weighted by molar-refractivity contribution is 0.0962. The summed E-state index contributed by atoms with van der Waals surface area (Å²) in [5.74, 6) is 0.517. The summed E-state index contributed by atoms with van der Waals surface area (Å²) in [6.07, 6.45) is 0. The predicted octanol–water partition coefficient (Wildman–Crippen LogP) is 5.93. The van der Waals surface area contributed by atoms with E-state index in [4.69, 9.17) is 24.4 Å². The van der Waals surface area contributed by atoms with E-state index in [0.29, 0.717) is 41.6 Å². The molecule has 7 nitrogen and oxygen atoms in total. The first kappa shape index (κ1) is 29.4. The maximum absolute atomic E-state index is 15.3. The average Bonchev–Trinajstić information content (AvgIpc) is 3.10. The van der Waals surface area contributed by atoms with Crippen LogP contribution in [-0.4, -0.2) is 50.0 Å². The predicted molar refractivity (Wildman–Crippen MR) is 143 cm³/mol. The fourth-order valence-electron chi connectivity index (χ4n) is 4.22. The van der Waals surface area contributed by atoms with Crippen molar-refractivity contribution >= 4 is 28.6 Å². The van der Waals surface area contributed by atoms with Crippen molar-refractivity contribution in [3.8, 4) is 23.0 Å². The summed E-state index contributed by atoms with van der Waals surface area (Å²) in [7, 11) is 1.58. The van der Waals surface area contributed by atoms with Crippen LogP contribution in [0, 0.1) is 11.2 Å². The van der Waals surface area contributed by atoms with Gasteiger partial charge in [0, 0.05) is 17.7 Å². The smallest absolute Gasteiger partial charge is 0.197 e. The summed E-state index contributed by atoms with van der Waals surface area (Å²) in [5.41, 5.74) is 1.74. The standard InChI is InChI=1S/C27H35FN2O5.BrH/c1-8-33-20-12-16(11-18(24(20)32-7)27(4,5)6)19(31)15-30-14-17-13-21(34-9-2)25(35-10-3)23(28)22(17)26(30)29;/h11-13,29H,8-10,14-15H2,1-7H3;1H. The Bertz CT molecular complexity index is 1130. The Morgan fingerprint density at radius 2 is 1.58 bits per heavy atom. The fraction of sp³-hybridized carbons (Fsp3) is 0.481. The molecule has 2 aromatic rings. The molecule has 0 saturated heterocycles. The molecule has 0 spiro atoms. The van der Waals surface area contributed by atoms with E-state index in [2.05, 4.69) is 0 Å². The Morgan fingerprint density at radius 3 is 2.11 bits per heavy atom. The molecule has 0 radical (unpaired) electrons. The van der Waals surface area contributed by atoms with Crippen molar-refractivity contribution in [2.24, 2.45) is 0 Å². The minimum absolute atomic E-state index is 0. The molecule has 1 N–H and O–H groups in total. The third-order valence-corrected chi connectivity index (χ3v) is 5.80. The highest BCUT2D eigenvalue weighted by molar-refractivity contribution is 8.93.